The molecule has 0 aromatic carbocycles. The predicted octanol–water partition coefficient (Wildman–Crippen LogP) is 1.28. The van der Waals surface area contributed by atoms with E-state index in [0.29, 0.717) is 0 Å². The van der Waals surface area contributed by atoms with Crippen molar-refractivity contribution >= 4 is 27.8 Å². The van der Waals surface area contributed by atoms with Crippen molar-refractivity contribution in [1.29, 1.82) is 0 Å². The standard InChI is InChI=1S/C7H20N2Si3/c1-7-8(2)12(5,6)9(10-3)11-4/h7H2,1-6H3. The quantitative estimate of drug-likeness (QED) is 0.639. The Morgan fingerprint density at radius 3 is 1.83 bits per heavy atom. The van der Waals surface area contributed by atoms with Crippen molar-refractivity contribution in [3.05, 3.63) is 0 Å². The molecular formula is C7H20N2Si3. The molecule has 4 radical (unpaired) electrons. The second kappa shape index (κ2) is 5.33. The Morgan fingerprint density at radius 2 is 1.58 bits per heavy atom. The van der Waals surface area contributed by atoms with Gasteiger partial charge >= 0.3 is 0 Å². The maximum Gasteiger partial charge on any atom is 0.186 e. The summed E-state index contributed by atoms with van der Waals surface area (Å²) in [6.45, 7) is 12.9. The summed E-state index contributed by atoms with van der Waals surface area (Å²) in [4.78, 5) is 0. The van der Waals surface area contributed by atoms with E-state index in [1.165, 1.54) is 6.54 Å². The van der Waals surface area contributed by atoms with Gasteiger partial charge in [0.15, 0.2) is 8.40 Å². The largest absolute Gasteiger partial charge is 0.360 e. The molecule has 0 unspecified atom stereocenters. The summed E-state index contributed by atoms with van der Waals surface area (Å²) in [5.74, 6) is 0. The van der Waals surface area contributed by atoms with Crippen molar-refractivity contribution in [2.75, 3.05) is 13.6 Å². The lowest BCUT2D eigenvalue weighted by Crippen LogP contribution is -2.61. The highest BCUT2D eigenvalue weighted by atomic mass is 28.4. The summed E-state index contributed by atoms with van der Waals surface area (Å²) in [6, 6.07) is 0. The van der Waals surface area contributed by atoms with Crippen molar-refractivity contribution in [3.8, 4) is 0 Å². The smallest absolute Gasteiger partial charge is 0.186 e. The topological polar surface area (TPSA) is 6.48 Å². The number of hydrogen-bond acceptors (Lipinski definition) is 2. The molecule has 0 fully saturated rings. The monoisotopic (exact) mass is 216 g/mol. The molecule has 0 atom stereocenters. The van der Waals surface area contributed by atoms with Crippen LogP contribution in [0.4, 0.5) is 0 Å². The first-order valence-corrected chi connectivity index (χ1v) is 10.2. The van der Waals surface area contributed by atoms with Crippen LogP contribution in [0, 0.1) is 0 Å². The van der Waals surface area contributed by atoms with Crippen molar-refractivity contribution in [3.63, 3.8) is 0 Å². The zero-order valence-corrected chi connectivity index (χ0v) is 12.1. The van der Waals surface area contributed by atoms with Crippen molar-refractivity contribution < 1.29 is 0 Å². The van der Waals surface area contributed by atoms with E-state index in [1.807, 2.05) is 0 Å². The van der Waals surface area contributed by atoms with Crippen LogP contribution >= 0.6 is 0 Å². The summed E-state index contributed by atoms with van der Waals surface area (Å²) in [6.07, 6.45) is 0. The van der Waals surface area contributed by atoms with Gasteiger partial charge in [-0.15, -0.1) is 0 Å². The average Bonchev–Trinajstić information content (AvgIpc) is 2.04. The predicted molar refractivity (Wildman–Crippen MR) is 60.9 cm³/mol. The van der Waals surface area contributed by atoms with Crippen LogP contribution in [0.1, 0.15) is 6.92 Å². The maximum atomic E-state index is 2.66. The fourth-order valence-electron chi connectivity index (χ4n) is 1.22. The molecule has 0 rings (SSSR count). The minimum absolute atomic E-state index is 0.962. The Labute approximate surface area is 83.3 Å². The molecule has 0 N–H and O–H groups in total. The van der Waals surface area contributed by atoms with E-state index >= 15 is 0 Å². The van der Waals surface area contributed by atoms with Crippen LogP contribution in [-0.2, 0) is 0 Å². The molecule has 0 amide bonds. The summed E-state index contributed by atoms with van der Waals surface area (Å²) < 4.78 is 5.19. The normalized spacial score (nSPS) is 13.0. The van der Waals surface area contributed by atoms with Crippen LogP contribution in [-0.4, -0.2) is 49.8 Å². The molecule has 2 nitrogen and oxygen atoms in total. The van der Waals surface area contributed by atoms with Gasteiger partial charge in [-0.2, -0.15) is 0 Å². The van der Waals surface area contributed by atoms with Crippen LogP contribution in [0.3, 0.4) is 0 Å². The van der Waals surface area contributed by atoms with E-state index in [4.69, 9.17) is 0 Å². The molecule has 0 aromatic rings. The summed E-state index contributed by atoms with van der Waals surface area (Å²) in [5.41, 5.74) is 0. The van der Waals surface area contributed by atoms with Crippen LogP contribution in [0.25, 0.3) is 0 Å². The Bertz CT molecular complexity index is 126. The van der Waals surface area contributed by atoms with Gasteiger partial charge in [0.05, 0.1) is 0 Å². The highest BCUT2D eigenvalue weighted by molar-refractivity contribution is 6.84. The summed E-state index contributed by atoms with van der Waals surface area (Å²) in [7, 11) is 2.93. The molecule has 0 heterocycles. The first-order chi connectivity index (χ1) is 5.50. The number of hydrogen-bond donors (Lipinski definition) is 0. The van der Waals surface area contributed by atoms with Crippen LogP contribution in [0.5, 0.6) is 0 Å². The summed E-state index contributed by atoms with van der Waals surface area (Å²) in [5, 5.41) is 0. The van der Waals surface area contributed by atoms with Crippen molar-refractivity contribution in [2.24, 2.45) is 0 Å². The lowest BCUT2D eigenvalue weighted by atomic mass is 10.8. The maximum absolute atomic E-state index is 2.66. The zero-order valence-electron chi connectivity index (χ0n) is 9.10. The van der Waals surface area contributed by atoms with Crippen molar-refractivity contribution in [2.45, 2.75) is 33.1 Å². The molecule has 0 aliphatic rings. The first-order valence-electron chi connectivity index (χ1n) is 4.36. The van der Waals surface area contributed by atoms with E-state index in [9.17, 15) is 0 Å². The fraction of sp³-hybridized carbons (Fsp3) is 1.00. The van der Waals surface area contributed by atoms with E-state index in [-0.39, 0.29) is 0 Å². The lowest BCUT2D eigenvalue weighted by molar-refractivity contribution is 0.511. The molecule has 0 spiro atoms. The third-order valence-electron chi connectivity index (χ3n) is 2.40. The molecule has 0 saturated heterocycles. The SMILES string of the molecule is CCN(C)[Si](C)(C)N([Si]C)[Si]C. The van der Waals surface area contributed by atoms with Gasteiger partial charge in [0.2, 0.25) is 0 Å². The van der Waals surface area contributed by atoms with Gasteiger partial charge in [0.25, 0.3) is 0 Å². The van der Waals surface area contributed by atoms with E-state index in [2.05, 4.69) is 48.6 Å². The van der Waals surface area contributed by atoms with Gasteiger partial charge in [0.1, 0.15) is 19.4 Å². The minimum Gasteiger partial charge on any atom is -0.360 e. The Hall–Kier alpha value is 0.571. The lowest BCUT2D eigenvalue weighted by Gasteiger charge is -2.41. The Balaban J connectivity index is 4.33. The Kier molecular flexibility index (Phi) is 5.59. The second-order valence-electron chi connectivity index (χ2n) is 3.29. The van der Waals surface area contributed by atoms with Crippen molar-refractivity contribution in [1.82, 2.24) is 8.46 Å². The molecule has 0 aliphatic heterocycles. The van der Waals surface area contributed by atoms with Gasteiger partial charge in [-0.1, -0.05) is 20.0 Å². The minimum atomic E-state index is -1.24. The van der Waals surface area contributed by atoms with Gasteiger partial charge < -0.3 is 8.46 Å². The second-order valence-corrected chi connectivity index (χ2v) is 10.6. The van der Waals surface area contributed by atoms with Crippen LogP contribution in [0.2, 0.25) is 26.2 Å². The molecule has 70 valence electrons. The van der Waals surface area contributed by atoms with E-state index < -0.39 is 8.40 Å². The average molecular weight is 217 g/mol. The van der Waals surface area contributed by atoms with Crippen LogP contribution in [0.15, 0.2) is 0 Å². The van der Waals surface area contributed by atoms with Crippen LogP contribution < -0.4 is 0 Å². The van der Waals surface area contributed by atoms with Gasteiger partial charge in [-0.25, -0.2) is 0 Å². The molecular weight excluding hydrogens is 196 g/mol. The molecule has 0 bridgehead atoms. The third-order valence-corrected chi connectivity index (χ3v) is 12.5. The molecule has 0 aliphatic carbocycles. The highest BCUT2D eigenvalue weighted by Gasteiger charge is 2.31. The number of nitrogens with zero attached hydrogens (tertiary/aromatic N) is 2. The molecule has 0 saturated carbocycles. The number of rotatable bonds is 5. The zero-order chi connectivity index (χ0) is 9.78. The fourth-order valence-corrected chi connectivity index (χ4v) is 8.63. The van der Waals surface area contributed by atoms with Gasteiger partial charge in [-0.3, -0.25) is 0 Å². The Morgan fingerprint density at radius 1 is 1.17 bits per heavy atom. The highest BCUT2D eigenvalue weighted by Crippen LogP contribution is 2.11. The third kappa shape index (κ3) is 2.81. The summed E-state index contributed by atoms with van der Waals surface area (Å²) >= 11 is 0. The van der Waals surface area contributed by atoms with Gasteiger partial charge in [0, 0.05) is 0 Å². The van der Waals surface area contributed by atoms with E-state index in [0.717, 1.165) is 19.4 Å². The molecule has 0 aromatic heterocycles. The van der Waals surface area contributed by atoms with Gasteiger partial charge in [-0.05, 0) is 26.7 Å². The molecule has 5 heteroatoms. The first kappa shape index (κ1) is 12.6. The molecule has 12 heavy (non-hydrogen) atoms. The van der Waals surface area contributed by atoms with E-state index in [1.54, 1.807) is 0 Å².